The summed E-state index contributed by atoms with van der Waals surface area (Å²) in [5.41, 5.74) is 2.51. The Labute approximate surface area is 110 Å². The second-order valence-electron chi connectivity index (χ2n) is 4.63. The number of thioether (sulfide) groups is 1. The summed E-state index contributed by atoms with van der Waals surface area (Å²) in [5, 5.41) is 0. The molecule has 1 N–H and O–H groups in total. The van der Waals surface area contributed by atoms with E-state index in [0.717, 1.165) is 41.4 Å². The highest BCUT2D eigenvalue weighted by molar-refractivity contribution is 7.98. The Kier molecular flexibility index (Phi) is 3.49. The molecule has 1 aromatic rings. The van der Waals surface area contributed by atoms with Gasteiger partial charge >= 0.3 is 0 Å². The Bertz CT molecular complexity index is 466. The molecule has 3 nitrogen and oxygen atoms in total. The molecule has 0 aromatic carbocycles. The molecule has 0 aliphatic carbocycles. The number of aromatic amines is 1. The molecule has 1 atom stereocenters. The lowest BCUT2D eigenvalue weighted by Crippen LogP contribution is -2.22. The highest BCUT2D eigenvalue weighted by Gasteiger charge is 2.19. The lowest BCUT2D eigenvalue weighted by Gasteiger charge is -2.22. The van der Waals surface area contributed by atoms with Crippen molar-refractivity contribution in [2.75, 3.05) is 6.61 Å². The van der Waals surface area contributed by atoms with Gasteiger partial charge in [0.15, 0.2) is 0 Å². The molecule has 2 aliphatic rings. The van der Waals surface area contributed by atoms with Gasteiger partial charge in [-0.15, -0.1) is 0 Å². The van der Waals surface area contributed by atoms with Crippen LogP contribution in [0.1, 0.15) is 36.3 Å². The first-order valence-electron chi connectivity index (χ1n) is 6.13. The summed E-state index contributed by atoms with van der Waals surface area (Å²) >= 11 is 7.25. The van der Waals surface area contributed by atoms with Gasteiger partial charge in [-0.3, -0.25) is 0 Å². The van der Waals surface area contributed by atoms with Crippen LogP contribution in [-0.2, 0) is 22.7 Å². The van der Waals surface area contributed by atoms with Crippen LogP contribution in [0, 0.1) is 4.64 Å². The highest BCUT2D eigenvalue weighted by Crippen LogP contribution is 2.29. The fraction of sp³-hybridized carbons (Fsp3) is 0.667. The van der Waals surface area contributed by atoms with Crippen LogP contribution in [0.3, 0.4) is 0 Å². The second kappa shape index (κ2) is 5.08. The zero-order chi connectivity index (χ0) is 11.7. The van der Waals surface area contributed by atoms with Gasteiger partial charge in [0.05, 0.1) is 6.10 Å². The molecule has 92 valence electrons. The second-order valence-corrected chi connectivity index (χ2v) is 6.00. The van der Waals surface area contributed by atoms with Gasteiger partial charge in [-0.1, -0.05) is 12.2 Å². The molecular weight excluding hydrogens is 252 g/mol. The van der Waals surface area contributed by atoms with Crippen molar-refractivity contribution in [1.82, 2.24) is 9.97 Å². The van der Waals surface area contributed by atoms with Gasteiger partial charge in [0.1, 0.15) is 10.5 Å². The lowest BCUT2D eigenvalue weighted by atomic mass is 10.1. The minimum Gasteiger partial charge on any atom is -0.378 e. The van der Waals surface area contributed by atoms with E-state index in [9.17, 15) is 0 Å². The van der Waals surface area contributed by atoms with Gasteiger partial charge in [-0.05, 0) is 19.3 Å². The Morgan fingerprint density at radius 1 is 1.41 bits per heavy atom. The van der Waals surface area contributed by atoms with Crippen LogP contribution in [-0.4, -0.2) is 22.7 Å². The third-order valence-corrected chi connectivity index (χ3v) is 4.67. The molecule has 1 fully saturated rings. The number of hydrogen-bond acceptors (Lipinski definition) is 4. The molecular formula is C12H16N2OS2. The van der Waals surface area contributed by atoms with Crippen LogP contribution in [0.15, 0.2) is 0 Å². The summed E-state index contributed by atoms with van der Waals surface area (Å²) in [7, 11) is 0. The lowest BCUT2D eigenvalue weighted by molar-refractivity contribution is 0.0156. The van der Waals surface area contributed by atoms with E-state index in [4.69, 9.17) is 17.0 Å². The molecule has 2 aliphatic heterocycles. The van der Waals surface area contributed by atoms with Crippen LogP contribution in [0.2, 0.25) is 0 Å². The summed E-state index contributed by atoms with van der Waals surface area (Å²) in [6.45, 7) is 0.895. The number of aromatic nitrogens is 2. The van der Waals surface area contributed by atoms with Crippen molar-refractivity contribution in [3.05, 3.63) is 21.7 Å². The first kappa shape index (κ1) is 11.7. The molecule has 0 bridgehead atoms. The third-order valence-electron chi connectivity index (χ3n) is 3.34. The Morgan fingerprint density at radius 2 is 2.35 bits per heavy atom. The Balaban J connectivity index is 1.79. The van der Waals surface area contributed by atoms with E-state index < -0.39 is 0 Å². The summed E-state index contributed by atoms with van der Waals surface area (Å²) < 4.78 is 6.53. The van der Waals surface area contributed by atoms with Crippen LogP contribution in [0.5, 0.6) is 0 Å². The average molecular weight is 268 g/mol. The summed E-state index contributed by atoms with van der Waals surface area (Å²) in [6, 6.07) is 0. The molecule has 1 saturated heterocycles. The molecule has 0 saturated carbocycles. The normalized spacial score (nSPS) is 23.6. The number of nitrogens with zero attached hydrogens (tertiary/aromatic N) is 1. The largest absolute Gasteiger partial charge is 0.378 e. The van der Waals surface area contributed by atoms with E-state index in [1.165, 1.54) is 24.1 Å². The van der Waals surface area contributed by atoms with E-state index in [1.807, 2.05) is 11.8 Å². The third kappa shape index (κ3) is 2.56. The van der Waals surface area contributed by atoms with Gasteiger partial charge in [0.2, 0.25) is 0 Å². The van der Waals surface area contributed by atoms with Crippen molar-refractivity contribution in [3.63, 3.8) is 0 Å². The molecule has 1 aromatic heterocycles. The maximum atomic E-state index is 5.74. The first-order chi connectivity index (χ1) is 8.33. The summed E-state index contributed by atoms with van der Waals surface area (Å²) in [5.74, 6) is 3.06. The molecule has 3 rings (SSSR count). The van der Waals surface area contributed by atoms with E-state index in [1.54, 1.807) is 0 Å². The maximum Gasteiger partial charge on any atom is 0.134 e. The van der Waals surface area contributed by atoms with Crippen molar-refractivity contribution >= 4 is 24.0 Å². The van der Waals surface area contributed by atoms with Gasteiger partial charge in [0, 0.05) is 35.8 Å². The van der Waals surface area contributed by atoms with Gasteiger partial charge in [0.25, 0.3) is 0 Å². The fourth-order valence-electron chi connectivity index (χ4n) is 2.40. The molecule has 0 radical (unpaired) electrons. The number of fused-ring (bicyclic) bond motifs is 1. The number of nitrogens with one attached hydrogen (secondary N) is 1. The van der Waals surface area contributed by atoms with Crippen molar-refractivity contribution in [1.29, 1.82) is 0 Å². The van der Waals surface area contributed by atoms with E-state index in [-0.39, 0.29) is 0 Å². The Morgan fingerprint density at radius 3 is 3.18 bits per heavy atom. The molecule has 3 heterocycles. The number of rotatable bonds is 2. The van der Waals surface area contributed by atoms with Gasteiger partial charge in [-0.2, -0.15) is 11.8 Å². The molecule has 1 unspecified atom stereocenters. The average Bonchev–Trinajstić information content (AvgIpc) is 2.79. The minimum atomic E-state index is 0.328. The van der Waals surface area contributed by atoms with Crippen LogP contribution < -0.4 is 0 Å². The van der Waals surface area contributed by atoms with Crippen molar-refractivity contribution in [2.24, 2.45) is 0 Å². The fourth-order valence-corrected chi connectivity index (χ4v) is 3.87. The van der Waals surface area contributed by atoms with Crippen LogP contribution in [0.25, 0.3) is 0 Å². The number of ether oxygens (including phenoxy) is 1. The smallest absolute Gasteiger partial charge is 0.134 e. The van der Waals surface area contributed by atoms with Crippen LogP contribution in [0.4, 0.5) is 0 Å². The molecule has 17 heavy (non-hydrogen) atoms. The highest BCUT2D eigenvalue weighted by atomic mass is 32.2. The SMILES string of the molecule is S=c1nc(CC2CCCCO2)[nH]c2c1CSC2. The predicted molar refractivity (Wildman–Crippen MR) is 71.7 cm³/mol. The Hall–Kier alpha value is -0.390. The maximum absolute atomic E-state index is 5.74. The van der Waals surface area contributed by atoms with E-state index in [2.05, 4.69) is 9.97 Å². The van der Waals surface area contributed by atoms with E-state index in [0.29, 0.717) is 6.10 Å². The van der Waals surface area contributed by atoms with Crippen molar-refractivity contribution in [3.8, 4) is 0 Å². The standard InChI is InChI=1S/C12H16N2OS2/c16-12-9-6-17-7-10(9)13-11(14-12)5-8-3-1-2-4-15-8/h8H,1-7H2,(H,13,14,16). The summed E-state index contributed by atoms with van der Waals surface area (Å²) in [4.78, 5) is 7.94. The zero-order valence-electron chi connectivity index (χ0n) is 9.70. The topological polar surface area (TPSA) is 37.9 Å². The van der Waals surface area contributed by atoms with Crippen molar-refractivity contribution in [2.45, 2.75) is 43.3 Å². The monoisotopic (exact) mass is 268 g/mol. The quantitative estimate of drug-likeness (QED) is 0.837. The molecule has 0 spiro atoms. The van der Waals surface area contributed by atoms with Crippen LogP contribution >= 0.6 is 24.0 Å². The first-order valence-corrected chi connectivity index (χ1v) is 7.69. The number of H-pyrrole nitrogens is 1. The minimum absolute atomic E-state index is 0.328. The van der Waals surface area contributed by atoms with Gasteiger partial charge in [-0.25, -0.2) is 4.98 Å². The molecule has 0 amide bonds. The predicted octanol–water partition coefficient (Wildman–Crippen LogP) is 3.00. The number of hydrogen-bond donors (Lipinski definition) is 1. The molecule has 5 heteroatoms. The summed E-state index contributed by atoms with van der Waals surface area (Å²) in [6.07, 6.45) is 4.82. The van der Waals surface area contributed by atoms with E-state index >= 15 is 0 Å². The zero-order valence-corrected chi connectivity index (χ0v) is 11.3. The van der Waals surface area contributed by atoms with Crippen molar-refractivity contribution < 1.29 is 4.74 Å². The van der Waals surface area contributed by atoms with Gasteiger partial charge < -0.3 is 9.72 Å².